The molecule has 0 bridgehead atoms. The van der Waals surface area contributed by atoms with E-state index in [1.165, 1.54) is 16.2 Å². The van der Waals surface area contributed by atoms with E-state index in [1.54, 1.807) is 7.11 Å². The Hall–Kier alpha value is -3.39. The molecule has 0 saturated carbocycles. The zero-order chi connectivity index (χ0) is 22.7. The van der Waals surface area contributed by atoms with E-state index in [0.717, 1.165) is 16.1 Å². The van der Waals surface area contributed by atoms with Gasteiger partial charge >= 0.3 is 6.03 Å². The molecule has 1 unspecified atom stereocenters. The summed E-state index contributed by atoms with van der Waals surface area (Å²) in [5.74, 6) is 1.05. The quantitative estimate of drug-likeness (QED) is 0.507. The van der Waals surface area contributed by atoms with E-state index in [1.807, 2.05) is 67.8 Å². The van der Waals surface area contributed by atoms with Gasteiger partial charge in [0.25, 0.3) is 5.91 Å². The van der Waals surface area contributed by atoms with Crippen LogP contribution < -0.4 is 14.8 Å². The molecule has 1 aliphatic rings. The molecule has 0 spiro atoms. The molecular formula is C24H25N3O4S. The second-order valence-electron chi connectivity index (χ2n) is 7.39. The van der Waals surface area contributed by atoms with E-state index >= 15 is 0 Å². The molecule has 0 aliphatic carbocycles. The first-order valence-electron chi connectivity index (χ1n) is 10.5. The Morgan fingerprint density at radius 1 is 1.09 bits per heavy atom. The standard InChI is InChI=1S/C24H25N3O4S/c1-4-24(17-9-7-6-8-10-17)22(28)27(23(29)26-24)14-18-15-32-21(25-18)16-11-12-19(31-5-2)20(13-16)30-3/h6-13,15H,4-5,14H2,1-3H3,(H,26,29). The molecule has 3 amide bonds. The zero-order valence-electron chi connectivity index (χ0n) is 18.3. The minimum Gasteiger partial charge on any atom is -0.493 e. The van der Waals surface area contributed by atoms with Crippen LogP contribution >= 0.6 is 11.3 Å². The van der Waals surface area contributed by atoms with Gasteiger partial charge < -0.3 is 14.8 Å². The van der Waals surface area contributed by atoms with Crippen LogP contribution in [0.2, 0.25) is 0 Å². The fourth-order valence-electron chi connectivity index (χ4n) is 3.88. The van der Waals surface area contributed by atoms with Crippen molar-refractivity contribution in [2.45, 2.75) is 32.4 Å². The average molecular weight is 452 g/mol. The summed E-state index contributed by atoms with van der Waals surface area (Å²) in [7, 11) is 1.60. The molecule has 0 radical (unpaired) electrons. The lowest BCUT2D eigenvalue weighted by Gasteiger charge is -2.25. The zero-order valence-corrected chi connectivity index (χ0v) is 19.1. The number of ether oxygens (including phenoxy) is 2. The highest BCUT2D eigenvalue weighted by Gasteiger charge is 2.51. The molecule has 2 heterocycles. The normalized spacial score (nSPS) is 18.0. The molecule has 166 valence electrons. The Balaban J connectivity index is 1.56. The van der Waals surface area contributed by atoms with Crippen molar-refractivity contribution in [2.24, 2.45) is 0 Å². The van der Waals surface area contributed by atoms with Crippen LogP contribution in [0.5, 0.6) is 11.5 Å². The molecular weight excluding hydrogens is 426 g/mol. The second-order valence-corrected chi connectivity index (χ2v) is 8.25. The van der Waals surface area contributed by atoms with Gasteiger partial charge in [-0.3, -0.25) is 9.69 Å². The fourth-order valence-corrected chi connectivity index (χ4v) is 4.69. The number of hydrogen-bond donors (Lipinski definition) is 1. The number of imide groups is 1. The molecule has 1 N–H and O–H groups in total. The van der Waals surface area contributed by atoms with Crippen molar-refractivity contribution in [3.05, 3.63) is 65.2 Å². The molecule has 7 nitrogen and oxygen atoms in total. The number of benzene rings is 2. The Kier molecular flexibility index (Phi) is 6.14. The number of amides is 3. The summed E-state index contributed by atoms with van der Waals surface area (Å²) >= 11 is 1.45. The smallest absolute Gasteiger partial charge is 0.325 e. The molecule has 2 aromatic carbocycles. The summed E-state index contributed by atoms with van der Waals surface area (Å²) in [6, 6.07) is 14.6. The van der Waals surface area contributed by atoms with Gasteiger partial charge in [0.15, 0.2) is 11.5 Å². The van der Waals surface area contributed by atoms with Crippen LogP contribution in [-0.2, 0) is 16.9 Å². The topological polar surface area (TPSA) is 80.8 Å². The lowest BCUT2D eigenvalue weighted by molar-refractivity contribution is -0.132. The molecule has 1 saturated heterocycles. The van der Waals surface area contributed by atoms with Gasteiger partial charge in [0.1, 0.15) is 10.5 Å². The van der Waals surface area contributed by atoms with Gasteiger partial charge in [0, 0.05) is 10.9 Å². The Morgan fingerprint density at radius 2 is 1.88 bits per heavy atom. The van der Waals surface area contributed by atoms with Crippen molar-refractivity contribution in [1.29, 1.82) is 0 Å². The lowest BCUT2D eigenvalue weighted by Crippen LogP contribution is -2.43. The van der Waals surface area contributed by atoms with Gasteiger partial charge in [-0.1, -0.05) is 37.3 Å². The maximum Gasteiger partial charge on any atom is 0.325 e. The summed E-state index contributed by atoms with van der Waals surface area (Å²) in [4.78, 5) is 32.0. The molecule has 1 atom stereocenters. The van der Waals surface area contributed by atoms with Crippen LogP contribution in [0.25, 0.3) is 10.6 Å². The SMILES string of the molecule is CCOc1ccc(-c2nc(CN3C(=O)NC(CC)(c4ccccc4)C3=O)cs2)cc1OC. The maximum atomic E-state index is 13.3. The number of carbonyl (C=O) groups excluding carboxylic acids is 2. The number of hydrogen-bond acceptors (Lipinski definition) is 6. The molecule has 1 fully saturated rings. The van der Waals surface area contributed by atoms with E-state index in [0.29, 0.717) is 30.2 Å². The maximum absolute atomic E-state index is 13.3. The van der Waals surface area contributed by atoms with Gasteiger partial charge in [0.05, 0.1) is 26.0 Å². The third-order valence-corrected chi connectivity index (χ3v) is 6.50. The molecule has 1 aliphatic heterocycles. The van der Waals surface area contributed by atoms with Crippen molar-refractivity contribution in [3.63, 3.8) is 0 Å². The van der Waals surface area contributed by atoms with Crippen molar-refractivity contribution in [1.82, 2.24) is 15.2 Å². The predicted molar refractivity (Wildman–Crippen MR) is 123 cm³/mol. The van der Waals surface area contributed by atoms with Crippen molar-refractivity contribution >= 4 is 23.3 Å². The van der Waals surface area contributed by atoms with Gasteiger partial charge in [-0.25, -0.2) is 9.78 Å². The minimum atomic E-state index is -1.04. The minimum absolute atomic E-state index is 0.115. The third kappa shape index (κ3) is 3.82. The van der Waals surface area contributed by atoms with Gasteiger partial charge in [0.2, 0.25) is 0 Å². The van der Waals surface area contributed by atoms with E-state index in [2.05, 4.69) is 10.3 Å². The first-order valence-corrected chi connectivity index (χ1v) is 11.4. The van der Waals surface area contributed by atoms with Crippen LogP contribution in [-0.4, -0.2) is 35.5 Å². The highest BCUT2D eigenvalue weighted by molar-refractivity contribution is 7.13. The first-order chi connectivity index (χ1) is 15.5. The number of thiazole rings is 1. The Morgan fingerprint density at radius 3 is 2.56 bits per heavy atom. The average Bonchev–Trinajstić information content (AvgIpc) is 3.39. The molecule has 8 heteroatoms. The fraction of sp³-hybridized carbons (Fsp3) is 0.292. The van der Waals surface area contributed by atoms with Crippen LogP contribution in [0.1, 0.15) is 31.5 Å². The van der Waals surface area contributed by atoms with E-state index in [-0.39, 0.29) is 12.5 Å². The number of rotatable bonds is 8. The summed E-state index contributed by atoms with van der Waals surface area (Å²) in [5.41, 5.74) is 1.27. The summed E-state index contributed by atoms with van der Waals surface area (Å²) in [5, 5.41) is 5.55. The summed E-state index contributed by atoms with van der Waals surface area (Å²) in [6.07, 6.45) is 0.465. The highest BCUT2D eigenvalue weighted by Crippen LogP contribution is 2.35. The van der Waals surface area contributed by atoms with Crippen LogP contribution in [0, 0.1) is 0 Å². The summed E-state index contributed by atoms with van der Waals surface area (Å²) < 4.78 is 11.0. The van der Waals surface area contributed by atoms with E-state index < -0.39 is 11.6 Å². The van der Waals surface area contributed by atoms with Crippen LogP contribution in [0.4, 0.5) is 4.79 Å². The van der Waals surface area contributed by atoms with Crippen molar-refractivity contribution in [3.8, 4) is 22.1 Å². The molecule has 3 aromatic rings. The van der Waals surface area contributed by atoms with Crippen molar-refractivity contribution in [2.75, 3.05) is 13.7 Å². The molecule has 32 heavy (non-hydrogen) atoms. The van der Waals surface area contributed by atoms with Gasteiger partial charge in [-0.2, -0.15) is 0 Å². The third-order valence-electron chi connectivity index (χ3n) is 5.55. The van der Waals surface area contributed by atoms with Gasteiger partial charge in [-0.15, -0.1) is 11.3 Å². The van der Waals surface area contributed by atoms with Gasteiger partial charge in [-0.05, 0) is 37.1 Å². The monoisotopic (exact) mass is 451 g/mol. The number of nitrogens with one attached hydrogen (secondary N) is 1. The number of urea groups is 1. The number of nitrogens with zero attached hydrogens (tertiary/aromatic N) is 2. The van der Waals surface area contributed by atoms with Crippen LogP contribution in [0.15, 0.2) is 53.9 Å². The second kappa shape index (κ2) is 9.00. The Labute approximate surface area is 191 Å². The molecule has 1 aromatic heterocycles. The number of aromatic nitrogens is 1. The summed E-state index contributed by atoms with van der Waals surface area (Å²) in [6.45, 7) is 4.48. The molecule has 4 rings (SSSR count). The van der Waals surface area contributed by atoms with Crippen molar-refractivity contribution < 1.29 is 19.1 Å². The lowest BCUT2D eigenvalue weighted by atomic mass is 9.87. The predicted octanol–water partition coefficient (Wildman–Crippen LogP) is 4.57. The van der Waals surface area contributed by atoms with E-state index in [4.69, 9.17) is 9.47 Å². The largest absolute Gasteiger partial charge is 0.493 e. The number of carbonyl (C=O) groups is 2. The highest BCUT2D eigenvalue weighted by atomic mass is 32.1. The number of methoxy groups -OCH3 is 1. The first kappa shape index (κ1) is 21.8. The van der Waals surface area contributed by atoms with E-state index in [9.17, 15) is 9.59 Å². The van der Waals surface area contributed by atoms with Crippen LogP contribution in [0.3, 0.4) is 0 Å². The Bertz CT molecular complexity index is 1130.